The predicted octanol–water partition coefficient (Wildman–Crippen LogP) is 4.64. The Morgan fingerprint density at radius 3 is 1.50 bits per heavy atom. The number of aromatic nitrogens is 2. The molecule has 0 saturated heterocycles. The molecule has 0 unspecified atom stereocenters. The van der Waals surface area contributed by atoms with E-state index in [1.54, 1.807) is 0 Å². The minimum absolute atomic E-state index is 0.443. The first-order valence-electron chi connectivity index (χ1n) is 8.76. The molecule has 2 N–H and O–H groups in total. The highest BCUT2D eigenvalue weighted by atomic mass is 16.1. The van der Waals surface area contributed by atoms with Crippen LogP contribution >= 0.6 is 0 Å². The maximum atomic E-state index is 11.2. The van der Waals surface area contributed by atoms with Crippen molar-refractivity contribution in [2.24, 2.45) is 0 Å². The topological polar surface area (TPSA) is 65.7 Å². The molecule has 2 atom stereocenters. The third-order valence-corrected chi connectivity index (χ3v) is 6.01. The van der Waals surface area contributed by atoms with E-state index in [4.69, 9.17) is 0 Å². The monoisotopic (exact) mass is 326 g/mol. The number of carbonyl (C=O) groups excluding carboxylic acids is 2. The molecule has 1 saturated carbocycles. The standard InChI is InChI=1S/C20H26N2O2/c1-11-13(3)19(21-17(11)9-23)15-6-5-7-16(8-15)20-14(4)12(2)18(10-24)22-20/h9-10,15-16,21-22H,5-8H2,1-4H3/t15-,16-/m0/s1. The van der Waals surface area contributed by atoms with Crippen LogP contribution in [-0.4, -0.2) is 22.5 Å². The summed E-state index contributed by atoms with van der Waals surface area (Å²) in [4.78, 5) is 29.1. The summed E-state index contributed by atoms with van der Waals surface area (Å²) in [5, 5.41) is 0. The van der Waals surface area contributed by atoms with Crippen LogP contribution in [0.4, 0.5) is 0 Å². The van der Waals surface area contributed by atoms with E-state index >= 15 is 0 Å². The third kappa shape index (κ3) is 2.64. The van der Waals surface area contributed by atoms with Gasteiger partial charge in [-0.3, -0.25) is 9.59 Å². The van der Waals surface area contributed by atoms with E-state index in [1.807, 2.05) is 13.8 Å². The van der Waals surface area contributed by atoms with Gasteiger partial charge >= 0.3 is 0 Å². The average molecular weight is 326 g/mol. The second-order valence-electron chi connectivity index (χ2n) is 7.20. The molecule has 0 radical (unpaired) electrons. The predicted molar refractivity (Wildman–Crippen MR) is 95.3 cm³/mol. The smallest absolute Gasteiger partial charge is 0.166 e. The summed E-state index contributed by atoms with van der Waals surface area (Å²) >= 11 is 0. The molecule has 3 rings (SSSR count). The SMILES string of the molecule is Cc1c(C=O)[nH]c([C@H]2CCC[C@H](c3[nH]c(C=O)c(C)c3C)C2)c1C. The van der Waals surface area contributed by atoms with Crippen LogP contribution in [0.15, 0.2) is 0 Å². The minimum atomic E-state index is 0.443. The fourth-order valence-electron chi connectivity index (χ4n) is 4.24. The van der Waals surface area contributed by atoms with Crippen LogP contribution in [0.1, 0.15) is 92.1 Å². The molecule has 128 valence electrons. The molecule has 0 spiro atoms. The van der Waals surface area contributed by atoms with Gasteiger partial charge in [-0.2, -0.15) is 0 Å². The quantitative estimate of drug-likeness (QED) is 0.804. The van der Waals surface area contributed by atoms with Crippen molar-refractivity contribution in [1.29, 1.82) is 0 Å². The molecule has 2 aromatic heterocycles. The lowest BCUT2D eigenvalue weighted by Gasteiger charge is -2.29. The Morgan fingerprint density at radius 2 is 1.17 bits per heavy atom. The molecule has 1 fully saturated rings. The first-order valence-corrected chi connectivity index (χ1v) is 8.76. The summed E-state index contributed by atoms with van der Waals surface area (Å²) in [5.41, 5.74) is 8.42. The largest absolute Gasteiger partial charge is 0.356 e. The Bertz CT molecular complexity index is 718. The van der Waals surface area contributed by atoms with E-state index in [0.29, 0.717) is 23.2 Å². The average Bonchev–Trinajstić information content (AvgIpc) is 3.05. The lowest BCUT2D eigenvalue weighted by molar-refractivity contribution is 0.111. The van der Waals surface area contributed by atoms with Crippen LogP contribution in [0.5, 0.6) is 0 Å². The van der Waals surface area contributed by atoms with Gasteiger partial charge in [0, 0.05) is 11.4 Å². The lowest BCUT2D eigenvalue weighted by Crippen LogP contribution is -2.15. The van der Waals surface area contributed by atoms with Crippen molar-refractivity contribution in [1.82, 2.24) is 9.97 Å². The number of aldehydes is 2. The molecular formula is C20H26N2O2. The van der Waals surface area contributed by atoms with Gasteiger partial charge in [0.2, 0.25) is 0 Å². The summed E-state index contributed by atoms with van der Waals surface area (Å²) in [5.74, 6) is 0.887. The molecule has 1 aliphatic carbocycles. The van der Waals surface area contributed by atoms with E-state index in [2.05, 4.69) is 23.8 Å². The molecule has 0 bridgehead atoms. The number of aromatic amines is 2. The van der Waals surface area contributed by atoms with Crippen LogP contribution < -0.4 is 0 Å². The summed E-state index contributed by atoms with van der Waals surface area (Å²) in [6, 6.07) is 0. The third-order valence-electron chi connectivity index (χ3n) is 6.01. The molecular weight excluding hydrogens is 300 g/mol. The normalized spacial score (nSPS) is 21.0. The summed E-state index contributed by atoms with van der Waals surface area (Å²) in [6.07, 6.45) is 6.35. The Kier molecular flexibility index (Phi) is 4.48. The van der Waals surface area contributed by atoms with Gasteiger partial charge in [0.25, 0.3) is 0 Å². The number of hydrogen-bond donors (Lipinski definition) is 2. The Labute approximate surface area is 143 Å². The van der Waals surface area contributed by atoms with Gasteiger partial charge in [0.1, 0.15) is 0 Å². The van der Waals surface area contributed by atoms with Gasteiger partial charge in [0.15, 0.2) is 12.6 Å². The zero-order valence-electron chi connectivity index (χ0n) is 15.0. The van der Waals surface area contributed by atoms with Crippen LogP contribution in [-0.2, 0) is 0 Å². The van der Waals surface area contributed by atoms with Crippen LogP contribution in [0.3, 0.4) is 0 Å². The lowest BCUT2D eigenvalue weighted by atomic mass is 9.77. The summed E-state index contributed by atoms with van der Waals surface area (Å²) in [6.45, 7) is 8.22. The fourth-order valence-corrected chi connectivity index (χ4v) is 4.24. The minimum Gasteiger partial charge on any atom is -0.356 e. The molecule has 1 aliphatic rings. The van der Waals surface area contributed by atoms with Crippen molar-refractivity contribution in [3.63, 3.8) is 0 Å². The maximum absolute atomic E-state index is 11.2. The van der Waals surface area contributed by atoms with E-state index in [9.17, 15) is 9.59 Å². The molecule has 4 nitrogen and oxygen atoms in total. The second-order valence-corrected chi connectivity index (χ2v) is 7.20. The Morgan fingerprint density at radius 1 is 0.750 bits per heavy atom. The highest BCUT2D eigenvalue weighted by Crippen LogP contribution is 2.43. The van der Waals surface area contributed by atoms with E-state index < -0.39 is 0 Å². The van der Waals surface area contributed by atoms with E-state index in [0.717, 1.165) is 49.4 Å². The number of carbonyl (C=O) groups is 2. The first-order chi connectivity index (χ1) is 11.5. The zero-order valence-corrected chi connectivity index (χ0v) is 15.0. The van der Waals surface area contributed by atoms with Gasteiger partial charge in [-0.1, -0.05) is 6.42 Å². The highest BCUT2D eigenvalue weighted by molar-refractivity contribution is 5.76. The van der Waals surface area contributed by atoms with Crippen molar-refractivity contribution >= 4 is 12.6 Å². The number of nitrogens with one attached hydrogen (secondary N) is 2. The van der Waals surface area contributed by atoms with Crippen molar-refractivity contribution in [3.05, 3.63) is 45.0 Å². The maximum Gasteiger partial charge on any atom is 0.166 e. The molecule has 4 heteroatoms. The van der Waals surface area contributed by atoms with Gasteiger partial charge in [-0.25, -0.2) is 0 Å². The molecule has 24 heavy (non-hydrogen) atoms. The van der Waals surface area contributed by atoms with Crippen molar-refractivity contribution in [2.45, 2.75) is 65.2 Å². The van der Waals surface area contributed by atoms with Crippen LogP contribution in [0, 0.1) is 27.7 Å². The molecule has 0 aromatic carbocycles. The number of hydrogen-bond acceptors (Lipinski definition) is 2. The van der Waals surface area contributed by atoms with Crippen LogP contribution in [0.25, 0.3) is 0 Å². The van der Waals surface area contributed by atoms with E-state index in [-0.39, 0.29) is 0 Å². The van der Waals surface area contributed by atoms with Crippen LogP contribution in [0.2, 0.25) is 0 Å². The molecule has 2 heterocycles. The van der Waals surface area contributed by atoms with E-state index in [1.165, 1.54) is 22.5 Å². The fraction of sp³-hybridized carbons (Fsp3) is 0.500. The van der Waals surface area contributed by atoms with Gasteiger partial charge in [0.05, 0.1) is 11.4 Å². The Hall–Kier alpha value is -2.10. The molecule has 0 amide bonds. The first kappa shape index (κ1) is 16.7. The van der Waals surface area contributed by atoms with Crippen molar-refractivity contribution in [2.75, 3.05) is 0 Å². The molecule has 2 aromatic rings. The van der Waals surface area contributed by atoms with Gasteiger partial charge < -0.3 is 9.97 Å². The van der Waals surface area contributed by atoms with Crippen molar-refractivity contribution < 1.29 is 9.59 Å². The second kappa shape index (κ2) is 6.42. The number of rotatable bonds is 4. The highest BCUT2D eigenvalue weighted by Gasteiger charge is 2.29. The van der Waals surface area contributed by atoms with Gasteiger partial charge in [-0.05, 0) is 81.0 Å². The number of H-pyrrole nitrogens is 2. The van der Waals surface area contributed by atoms with Gasteiger partial charge in [-0.15, -0.1) is 0 Å². The zero-order chi connectivity index (χ0) is 17.4. The summed E-state index contributed by atoms with van der Waals surface area (Å²) in [7, 11) is 0. The van der Waals surface area contributed by atoms with Crippen molar-refractivity contribution in [3.8, 4) is 0 Å². The molecule has 0 aliphatic heterocycles. The Balaban J connectivity index is 1.90. The summed E-state index contributed by atoms with van der Waals surface area (Å²) < 4.78 is 0.